The second-order valence-corrected chi connectivity index (χ2v) is 5.52. The van der Waals surface area contributed by atoms with Gasteiger partial charge in [-0.15, -0.1) is 0 Å². The van der Waals surface area contributed by atoms with Crippen molar-refractivity contribution < 1.29 is 4.79 Å². The highest BCUT2D eigenvalue weighted by molar-refractivity contribution is 6.07. The predicted molar refractivity (Wildman–Crippen MR) is 98.6 cm³/mol. The number of nitriles is 1. The molecule has 0 saturated heterocycles. The van der Waals surface area contributed by atoms with Gasteiger partial charge in [-0.1, -0.05) is 38.1 Å². The number of carbonyl (C=O) groups is 1. The van der Waals surface area contributed by atoms with Crippen molar-refractivity contribution in [1.29, 1.82) is 5.26 Å². The molecule has 2 aromatic rings. The average Bonchev–Trinajstić information content (AvgIpc) is 2.66. The van der Waals surface area contributed by atoms with Crippen LogP contribution in [-0.2, 0) is 24.2 Å². The van der Waals surface area contributed by atoms with E-state index in [4.69, 9.17) is 0 Å². The Morgan fingerprint density at radius 3 is 2.48 bits per heavy atom. The molecule has 0 aliphatic heterocycles. The number of amides is 1. The summed E-state index contributed by atoms with van der Waals surface area (Å²) in [7, 11) is 0. The summed E-state index contributed by atoms with van der Waals surface area (Å²) in [6, 6.07) is 11.7. The molecule has 5 nitrogen and oxygen atoms in total. The Kier molecular flexibility index (Phi) is 6.73. The third-order valence-corrected chi connectivity index (χ3v) is 3.88. The highest BCUT2D eigenvalue weighted by Gasteiger charge is 2.13. The third-order valence-electron chi connectivity index (χ3n) is 3.88. The van der Waals surface area contributed by atoms with Gasteiger partial charge in [-0.3, -0.25) is 9.78 Å². The van der Waals surface area contributed by atoms with Gasteiger partial charge >= 0.3 is 0 Å². The molecule has 0 saturated carbocycles. The van der Waals surface area contributed by atoms with Crippen molar-refractivity contribution in [2.75, 3.05) is 5.32 Å². The van der Waals surface area contributed by atoms with Crippen molar-refractivity contribution in [3.05, 3.63) is 71.2 Å². The molecule has 0 aliphatic carbocycles. The fourth-order valence-electron chi connectivity index (χ4n) is 2.51. The zero-order valence-corrected chi connectivity index (χ0v) is 14.5. The number of carbonyl (C=O) groups excluding carboxylic acids is 1. The molecule has 1 heterocycles. The molecule has 1 amide bonds. The second kappa shape index (κ2) is 9.24. The van der Waals surface area contributed by atoms with Crippen molar-refractivity contribution >= 4 is 11.6 Å². The molecule has 0 spiro atoms. The summed E-state index contributed by atoms with van der Waals surface area (Å²) in [5.74, 6) is -0.406. The first kappa shape index (κ1) is 18.2. The molecule has 0 bridgehead atoms. The molecule has 5 heteroatoms. The molecule has 2 N–H and O–H groups in total. The van der Waals surface area contributed by atoms with E-state index in [1.807, 2.05) is 50.2 Å². The molecule has 1 aromatic heterocycles. The van der Waals surface area contributed by atoms with E-state index >= 15 is 0 Å². The summed E-state index contributed by atoms with van der Waals surface area (Å²) in [5, 5.41) is 15.2. The normalized spacial score (nSPS) is 10.8. The number of hydrogen-bond acceptors (Lipinski definition) is 4. The number of rotatable bonds is 7. The largest absolute Gasteiger partial charge is 0.386 e. The van der Waals surface area contributed by atoms with Gasteiger partial charge in [0.15, 0.2) is 0 Å². The van der Waals surface area contributed by atoms with Gasteiger partial charge in [0.1, 0.15) is 11.6 Å². The van der Waals surface area contributed by atoms with Crippen LogP contribution in [0.1, 0.15) is 30.5 Å². The number of aromatic nitrogens is 1. The average molecular weight is 334 g/mol. The van der Waals surface area contributed by atoms with E-state index < -0.39 is 5.91 Å². The smallest absolute Gasteiger partial charge is 0.267 e. The first-order valence-electron chi connectivity index (χ1n) is 8.34. The quantitative estimate of drug-likeness (QED) is 0.601. The maximum atomic E-state index is 12.5. The van der Waals surface area contributed by atoms with Gasteiger partial charge in [0.2, 0.25) is 0 Å². The van der Waals surface area contributed by atoms with E-state index in [-0.39, 0.29) is 5.57 Å². The monoisotopic (exact) mass is 334 g/mol. The van der Waals surface area contributed by atoms with Crippen LogP contribution in [0.5, 0.6) is 0 Å². The van der Waals surface area contributed by atoms with Gasteiger partial charge < -0.3 is 10.6 Å². The van der Waals surface area contributed by atoms with Crippen molar-refractivity contribution in [1.82, 2.24) is 10.3 Å². The van der Waals surface area contributed by atoms with Gasteiger partial charge in [0.05, 0.1) is 0 Å². The topological polar surface area (TPSA) is 77.8 Å². The van der Waals surface area contributed by atoms with E-state index in [1.54, 1.807) is 12.4 Å². The summed E-state index contributed by atoms with van der Waals surface area (Å²) in [4.78, 5) is 16.5. The van der Waals surface area contributed by atoms with Crippen molar-refractivity contribution in [3.63, 3.8) is 0 Å². The van der Waals surface area contributed by atoms with Crippen LogP contribution >= 0.6 is 0 Å². The Morgan fingerprint density at radius 1 is 1.20 bits per heavy atom. The number of aryl methyl sites for hydroxylation is 2. The molecule has 1 aromatic carbocycles. The van der Waals surface area contributed by atoms with E-state index in [9.17, 15) is 10.1 Å². The minimum atomic E-state index is -0.406. The molecule has 25 heavy (non-hydrogen) atoms. The number of anilines is 1. The summed E-state index contributed by atoms with van der Waals surface area (Å²) >= 11 is 0. The summed E-state index contributed by atoms with van der Waals surface area (Å²) in [6.45, 7) is 4.58. The maximum Gasteiger partial charge on any atom is 0.267 e. The van der Waals surface area contributed by atoms with E-state index in [0.29, 0.717) is 6.54 Å². The number of benzene rings is 1. The van der Waals surface area contributed by atoms with Crippen LogP contribution in [0.3, 0.4) is 0 Å². The maximum absolute atomic E-state index is 12.5. The Hall–Kier alpha value is -3.13. The lowest BCUT2D eigenvalue weighted by molar-refractivity contribution is -0.112. The molecule has 128 valence electrons. The van der Waals surface area contributed by atoms with Gasteiger partial charge in [0.25, 0.3) is 5.91 Å². The van der Waals surface area contributed by atoms with Gasteiger partial charge in [0, 0.05) is 30.8 Å². The lowest BCUT2D eigenvalue weighted by atomic mass is 10.0. The van der Waals surface area contributed by atoms with Crippen molar-refractivity contribution in [3.8, 4) is 6.07 Å². The highest BCUT2D eigenvalue weighted by Crippen LogP contribution is 2.23. The molecule has 0 atom stereocenters. The van der Waals surface area contributed by atoms with Crippen LogP contribution in [0.25, 0.3) is 0 Å². The number of para-hydroxylation sites is 1. The number of nitrogens with zero attached hydrogens (tertiary/aromatic N) is 2. The Balaban J connectivity index is 2.10. The fourth-order valence-corrected chi connectivity index (χ4v) is 2.51. The zero-order chi connectivity index (χ0) is 18.1. The molecule has 0 aliphatic rings. The van der Waals surface area contributed by atoms with Crippen molar-refractivity contribution in [2.45, 2.75) is 33.2 Å². The summed E-state index contributed by atoms with van der Waals surface area (Å²) in [6.07, 6.45) is 6.51. The van der Waals surface area contributed by atoms with Crippen LogP contribution in [-0.4, -0.2) is 10.9 Å². The van der Waals surface area contributed by atoms with Crippen molar-refractivity contribution in [2.24, 2.45) is 0 Å². The van der Waals surface area contributed by atoms with Crippen LogP contribution in [0.4, 0.5) is 5.69 Å². The SMILES string of the molecule is CCc1cccc(CC)c1NC(=O)/C(C#N)=C\NCc1cccnc1. The summed E-state index contributed by atoms with van der Waals surface area (Å²) in [5.41, 5.74) is 3.95. The first-order valence-corrected chi connectivity index (χ1v) is 8.34. The zero-order valence-electron chi connectivity index (χ0n) is 14.5. The van der Waals surface area contributed by atoms with Crippen LogP contribution in [0.15, 0.2) is 54.5 Å². The molecule has 0 radical (unpaired) electrons. The highest BCUT2D eigenvalue weighted by atomic mass is 16.1. The Morgan fingerprint density at radius 2 is 1.92 bits per heavy atom. The number of nitrogens with one attached hydrogen (secondary N) is 2. The lowest BCUT2D eigenvalue weighted by Gasteiger charge is -2.14. The Bertz CT molecular complexity index is 769. The molecule has 2 rings (SSSR count). The van der Waals surface area contributed by atoms with E-state index in [0.717, 1.165) is 35.2 Å². The first-order chi connectivity index (χ1) is 12.2. The molecule has 0 unspecified atom stereocenters. The van der Waals surface area contributed by atoms with Crippen LogP contribution in [0.2, 0.25) is 0 Å². The second-order valence-electron chi connectivity index (χ2n) is 5.52. The van der Waals surface area contributed by atoms with Gasteiger partial charge in [-0.05, 0) is 35.6 Å². The fraction of sp³-hybridized carbons (Fsp3) is 0.250. The minimum Gasteiger partial charge on any atom is -0.386 e. The minimum absolute atomic E-state index is 0.0387. The number of pyridine rings is 1. The van der Waals surface area contributed by atoms with E-state index in [1.165, 1.54) is 6.20 Å². The summed E-state index contributed by atoms with van der Waals surface area (Å²) < 4.78 is 0. The van der Waals surface area contributed by atoms with Crippen LogP contribution in [0, 0.1) is 11.3 Å². The van der Waals surface area contributed by atoms with Crippen LogP contribution < -0.4 is 10.6 Å². The lowest BCUT2D eigenvalue weighted by Crippen LogP contribution is -2.18. The Labute approximate surface area is 148 Å². The standard InChI is InChI=1S/C20H22N4O/c1-3-16-8-5-9-17(4-2)19(16)24-20(25)18(11-21)14-23-13-15-7-6-10-22-12-15/h5-10,12,14,23H,3-4,13H2,1-2H3,(H,24,25)/b18-14-. The molecular weight excluding hydrogens is 312 g/mol. The molecular formula is C20H22N4O. The molecule has 0 fully saturated rings. The third kappa shape index (κ3) is 4.92. The van der Waals surface area contributed by atoms with E-state index in [2.05, 4.69) is 15.6 Å². The van der Waals surface area contributed by atoms with Gasteiger partial charge in [-0.25, -0.2) is 0 Å². The van der Waals surface area contributed by atoms with Gasteiger partial charge in [-0.2, -0.15) is 5.26 Å². The number of hydrogen-bond donors (Lipinski definition) is 2. The predicted octanol–water partition coefficient (Wildman–Crippen LogP) is 3.34.